The molecule has 1 saturated heterocycles. The molecule has 1 amide bonds. The van der Waals surface area contributed by atoms with Crippen LogP contribution in [0.3, 0.4) is 0 Å². The highest BCUT2D eigenvalue weighted by Gasteiger charge is 2.52. The second kappa shape index (κ2) is 8.26. The molecular formula is C24H26N2O3. The fourth-order valence-corrected chi connectivity index (χ4v) is 4.86. The zero-order valence-corrected chi connectivity index (χ0v) is 16.6. The van der Waals surface area contributed by atoms with Crippen molar-refractivity contribution in [2.24, 2.45) is 5.92 Å². The molecule has 3 atom stereocenters. The molecule has 29 heavy (non-hydrogen) atoms. The van der Waals surface area contributed by atoms with Gasteiger partial charge in [0.15, 0.2) is 0 Å². The number of methoxy groups -OCH3 is 1. The van der Waals surface area contributed by atoms with E-state index in [-0.39, 0.29) is 30.4 Å². The van der Waals surface area contributed by atoms with E-state index in [4.69, 9.17) is 4.74 Å². The van der Waals surface area contributed by atoms with Gasteiger partial charge in [-0.25, -0.2) is 0 Å². The van der Waals surface area contributed by atoms with Crippen LogP contribution in [0.2, 0.25) is 0 Å². The Balaban J connectivity index is 1.57. The maximum absolute atomic E-state index is 12.9. The van der Waals surface area contributed by atoms with E-state index in [0.717, 1.165) is 48.1 Å². The van der Waals surface area contributed by atoms with E-state index >= 15 is 0 Å². The van der Waals surface area contributed by atoms with Crippen LogP contribution in [0.4, 0.5) is 0 Å². The van der Waals surface area contributed by atoms with Crippen molar-refractivity contribution < 1.29 is 14.6 Å². The van der Waals surface area contributed by atoms with Gasteiger partial charge in [0, 0.05) is 17.4 Å². The third kappa shape index (κ3) is 3.38. The van der Waals surface area contributed by atoms with Gasteiger partial charge in [0.2, 0.25) is 5.91 Å². The fraction of sp³-hybridized carbons (Fsp3) is 0.417. The summed E-state index contributed by atoms with van der Waals surface area (Å²) in [4.78, 5) is 14.5. The van der Waals surface area contributed by atoms with Crippen molar-refractivity contribution in [3.63, 3.8) is 0 Å². The predicted octanol–water partition coefficient (Wildman–Crippen LogP) is 3.73. The van der Waals surface area contributed by atoms with E-state index in [0.29, 0.717) is 0 Å². The Labute approximate surface area is 171 Å². The van der Waals surface area contributed by atoms with E-state index in [1.807, 2.05) is 48.5 Å². The van der Waals surface area contributed by atoms with Crippen molar-refractivity contribution in [1.82, 2.24) is 4.90 Å². The summed E-state index contributed by atoms with van der Waals surface area (Å²) >= 11 is 0. The molecule has 1 aliphatic carbocycles. The number of hydrogen-bond acceptors (Lipinski definition) is 4. The SMILES string of the molecule is COc1ccccc1-c1ccc([C@@H]2[C@@H](C#N)N(C(=O)C3CCCC3)[C@@H]2CO)cc1. The maximum atomic E-state index is 12.9. The van der Waals surface area contributed by atoms with Crippen LogP contribution >= 0.6 is 0 Å². The number of benzene rings is 2. The minimum atomic E-state index is -0.516. The van der Waals surface area contributed by atoms with Crippen molar-refractivity contribution in [2.75, 3.05) is 13.7 Å². The van der Waals surface area contributed by atoms with Crippen LogP contribution in [-0.2, 0) is 4.79 Å². The van der Waals surface area contributed by atoms with Gasteiger partial charge in [-0.3, -0.25) is 4.79 Å². The summed E-state index contributed by atoms with van der Waals surface area (Å²) in [6.07, 6.45) is 3.92. The molecule has 1 N–H and O–H groups in total. The topological polar surface area (TPSA) is 73.6 Å². The average Bonchev–Trinajstić information content (AvgIpc) is 3.29. The Morgan fingerprint density at radius 3 is 2.48 bits per heavy atom. The Bertz CT molecular complexity index is 912. The molecule has 2 aromatic carbocycles. The minimum absolute atomic E-state index is 0.00812. The number of carbonyl (C=O) groups excluding carboxylic acids is 1. The minimum Gasteiger partial charge on any atom is -0.496 e. The summed E-state index contributed by atoms with van der Waals surface area (Å²) in [5.74, 6) is 0.686. The van der Waals surface area contributed by atoms with E-state index < -0.39 is 6.04 Å². The molecule has 1 heterocycles. The number of rotatable bonds is 5. The smallest absolute Gasteiger partial charge is 0.227 e. The highest BCUT2D eigenvalue weighted by atomic mass is 16.5. The van der Waals surface area contributed by atoms with Crippen LogP contribution in [0.15, 0.2) is 48.5 Å². The molecule has 0 spiro atoms. The number of aliphatic hydroxyl groups is 1. The van der Waals surface area contributed by atoms with Crippen LogP contribution in [0.25, 0.3) is 11.1 Å². The van der Waals surface area contributed by atoms with Crippen LogP contribution < -0.4 is 4.74 Å². The molecule has 150 valence electrons. The van der Waals surface area contributed by atoms with Gasteiger partial charge in [0.05, 0.1) is 25.8 Å². The Hall–Kier alpha value is -2.84. The quantitative estimate of drug-likeness (QED) is 0.844. The summed E-state index contributed by atoms with van der Waals surface area (Å²) < 4.78 is 5.45. The van der Waals surface area contributed by atoms with Gasteiger partial charge in [-0.1, -0.05) is 55.3 Å². The van der Waals surface area contributed by atoms with Crippen LogP contribution in [0, 0.1) is 17.2 Å². The van der Waals surface area contributed by atoms with Gasteiger partial charge in [-0.2, -0.15) is 5.26 Å². The average molecular weight is 390 g/mol. The van der Waals surface area contributed by atoms with Crippen LogP contribution in [-0.4, -0.2) is 41.7 Å². The number of likely N-dealkylation sites (tertiary alicyclic amines) is 1. The first-order chi connectivity index (χ1) is 14.2. The molecule has 0 unspecified atom stereocenters. The molecule has 0 aromatic heterocycles. The van der Waals surface area contributed by atoms with Crippen molar-refractivity contribution in [3.05, 3.63) is 54.1 Å². The Kier molecular flexibility index (Phi) is 5.55. The molecular weight excluding hydrogens is 364 g/mol. The first-order valence-corrected chi connectivity index (χ1v) is 10.3. The van der Waals surface area contributed by atoms with Gasteiger partial charge in [-0.05, 0) is 30.0 Å². The Morgan fingerprint density at radius 1 is 1.17 bits per heavy atom. The maximum Gasteiger partial charge on any atom is 0.227 e. The summed E-state index contributed by atoms with van der Waals surface area (Å²) in [7, 11) is 1.65. The molecule has 5 heteroatoms. The van der Waals surface area contributed by atoms with Gasteiger partial charge in [0.25, 0.3) is 0 Å². The molecule has 2 fully saturated rings. The third-order valence-electron chi connectivity index (χ3n) is 6.40. The van der Waals surface area contributed by atoms with Gasteiger partial charge in [-0.15, -0.1) is 0 Å². The standard InChI is InChI=1S/C24H26N2O3/c1-29-22-9-5-4-8-19(22)16-10-12-17(13-11-16)23-20(14-25)26(21(23)15-27)24(28)18-6-2-3-7-18/h4-5,8-13,18,20-21,23,27H,2-3,6-7,15H2,1H3/t20-,21-,23-/m1/s1. The number of ether oxygens (including phenoxy) is 1. The molecule has 4 rings (SSSR count). The van der Waals surface area contributed by atoms with E-state index in [1.165, 1.54) is 0 Å². The molecule has 1 aliphatic heterocycles. The number of amides is 1. The van der Waals surface area contributed by atoms with Gasteiger partial charge >= 0.3 is 0 Å². The van der Waals surface area contributed by atoms with E-state index in [9.17, 15) is 15.2 Å². The van der Waals surface area contributed by atoms with Crippen molar-refractivity contribution in [3.8, 4) is 22.9 Å². The fourth-order valence-electron chi connectivity index (χ4n) is 4.86. The van der Waals surface area contributed by atoms with Crippen LogP contribution in [0.5, 0.6) is 5.75 Å². The zero-order valence-electron chi connectivity index (χ0n) is 16.6. The normalized spacial score (nSPS) is 24.0. The molecule has 5 nitrogen and oxygen atoms in total. The largest absolute Gasteiger partial charge is 0.496 e. The second-order valence-corrected chi connectivity index (χ2v) is 7.90. The number of aliphatic hydroxyl groups excluding tert-OH is 1. The molecule has 1 saturated carbocycles. The number of nitrogens with zero attached hydrogens (tertiary/aromatic N) is 2. The molecule has 0 bridgehead atoms. The summed E-state index contributed by atoms with van der Waals surface area (Å²) in [5, 5.41) is 19.7. The highest BCUT2D eigenvalue weighted by Crippen LogP contribution is 2.43. The lowest BCUT2D eigenvalue weighted by Gasteiger charge is -2.52. The molecule has 0 radical (unpaired) electrons. The van der Waals surface area contributed by atoms with E-state index in [1.54, 1.807) is 12.0 Å². The first-order valence-electron chi connectivity index (χ1n) is 10.3. The summed E-state index contributed by atoms with van der Waals surface area (Å²) in [5.41, 5.74) is 3.01. The second-order valence-electron chi connectivity index (χ2n) is 7.90. The Morgan fingerprint density at radius 2 is 1.86 bits per heavy atom. The van der Waals surface area contributed by atoms with Crippen molar-refractivity contribution in [2.45, 2.75) is 43.7 Å². The van der Waals surface area contributed by atoms with E-state index in [2.05, 4.69) is 6.07 Å². The predicted molar refractivity (Wildman–Crippen MR) is 110 cm³/mol. The van der Waals surface area contributed by atoms with Crippen molar-refractivity contribution in [1.29, 1.82) is 5.26 Å². The zero-order chi connectivity index (χ0) is 20.4. The lowest BCUT2D eigenvalue weighted by molar-refractivity contribution is -0.151. The number of nitriles is 1. The summed E-state index contributed by atoms with van der Waals surface area (Å²) in [6.45, 7) is -0.129. The van der Waals surface area contributed by atoms with Crippen LogP contribution in [0.1, 0.15) is 37.2 Å². The van der Waals surface area contributed by atoms with Gasteiger partial charge in [0.1, 0.15) is 11.8 Å². The third-order valence-corrected chi connectivity index (χ3v) is 6.40. The van der Waals surface area contributed by atoms with Gasteiger partial charge < -0.3 is 14.7 Å². The monoisotopic (exact) mass is 390 g/mol. The summed E-state index contributed by atoms with van der Waals surface area (Å²) in [6, 6.07) is 17.3. The number of carbonyl (C=O) groups is 1. The lowest BCUT2D eigenvalue weighted by Crippen LogP contribution is -2.66. The lowest BCUT2D eigenvalue weighted by atomic mass is 9.74. The molecule has 2 aromatic rings. The molecule has 2 aliphatic rings. The first kappa shape index (κ1) is 19.5. The van der Waals surface area contributed by atoms with Crippen molar-refractivity contribution >= 4 is 5.91 Å². The number of para-hydroxylation sites is 1. The number of hydrogen-bond donors (Lipinski definition) is 1. The highest BCUT2D eigenvalue weighted by molar-refractivity contribution is 5.82.